The number of anilines is 1. The van der Waals surface area contributed by atoms with Gasteiger partial charge in [-0.15, -0.1) is 0 Å². The van der Waals surface area contributed by atoms with Crippen molar-refractivity contribution < 1.29 is 4.74 Å². The number of likely N-dealkylation sites (N-methyl/N-ethyl adjacent to an activating group) is 1. The van der Waals surface area contributed by atoms with Crippen LogP contribution in [0.25, 0.3) is 0 Å². The van der Waals surface area contributed by atoms with Gasteiger partial charge in [-0.3, -0.25) is 0 Å². The molecule has 1 unspecified atom stereocenters. The van der Waals surface area contributed by atoms with Crippen LogP contribution in [-0.4, -0.2) is 20.7 Å². The minimum Gasteiger partial charge on any atom is -0.497 e. The van der Waals surface area contributed by atoms with E-state index in [0.717, 1.165) is 11.4 Å². The van der Waals surface area contributed by atoms with Gasteiger partial charge >= 0.3 is 0 Å². The van der Waals surface area contributed by atoms with Crippen LogP contribution in [0.1, 0.15) is 17.2 Å². The lowest BCUT2D eigenvalue weighted by Gasteiger charge is -2.30. The fourth-order valence-corrected chi connectivity index (χ4v) is 2.45. The Kier molecular flexibility index (Phi) is 4.64. The molecule has 2 rings (SSSR count). The third-order valence-electron chi connectivity index (χ3n) is 3.72. The van der Waals surface area contributed by atoms with Crippen molar-refractivity contribution in [3.63, 3.8) is 0 Å². The van der Waals surface area contributed by atoms with Crippen molar-refractivity contribution in [3.8, 4) is 5.75 Å². The normalized spacial score (nSPS) is 12.0. The Labute approximate surface area is 121 Å². The number of hydrogen-bond donors (Lipinski definition) is 1. The van der Waals surface area contributed by atoms with Crippen molar-refractivity contribution in [2.24, 2.45) is 5.73 Å². The van der Waals surface area contributed by atoms with Crippen LogP contribution in [0.5, 0.6) is 5.75 Å². The first-order valence-corrected chi connectivity index (χ1v) is 6.80. The third-order valence-corrected chi connectivity index (χ3v) is 3.72. The Morgan fingerprint density at radius 3 is 2.30 bits per heavy atom. The highest BCUT2D eigenvalue weighted by Crippen LogP contribution is 2.28. The molecule has 2 aromatic rings. The minimum absolute atomic E-state index is 0.171. The monoisotopic (exact) mass is 270 g/mol. The summed E-state index contributed by atoms with van der Waals surface area (Å²) in [5.41, 5.74) is 9.67. The molecule has 0 saturated carbocycles. The van der Waals surface area contributed by atoms with E-state index in [2.05, 4.69) is 55.3 Å². The summed E-state index contributed by atoms with van der Waals surface area (Å²) in [4.78, 5) is 2.21. The number of methoxy groups -OCH3 is 1. The van der Waals surface area contributed by atoms with Crippen LogP contribution < -0.4 is 15.4 Å². The molecular weight excluding hydrogens is 248 g/mol. The van der Waals surface area contributed by atoms with Gasteiger partial charge in [0.1, 0.15) is 5.75 Å². The van der Waals surface area contributed by atoms with E-state index in [9.17, 15) is 0 Å². The summed E-state index contributed by atoms with van der Waals surface area (Å²) >= 11 is 0. The van der Waals surface area contributed by atoms with E-state index in [4.69, 9.17) is 10.5 Å². The Bertz CT molecular complexity index is 551. The lowest BCUT2D eigenvalue weighted by Crippen LogP contribution is -2.30. The van der Waals surface area contributed by atoms with Gasteiger partial charge in [-0.05, 0) is 42.3 Å². The molecule has 2 aromatic carbocycles. The lowest BCUT2D eigenvalue weighted by molar-refractivity contribution is 0.415. The van der Waals surface area contributed by atoms with Crippen molar-refractivity contribution in [2.75, 3.05) is 25.6 Å². The van der Waals surface area contributed by atoms with Gasteiger partial charge in [-0.2, -0.15) is 0 Å². The van der Waals surface area contributed by atoms with Gasteiger partial charge in [0.05, 0.1) is 13.2 Å². The second kappa shape index (κ2) is 6.44. The maximum Gasteiger partial charge on any atom is 0.119 e. The summed E-state index contributed by atoms with van der Waals surface area (Å²) in [7, 11) is 3.75. The van der Waals surface area contributed by atoms with Gasteiger partial charge < -0.3 is 15.4 Å². The average Bonchev–Trinajstić information content (AvgIpc) is 2.50. The van der Waals surface area contributed by atoms with Gasteiger partial charge in [0, 0.05) is 19.3 Å². The molecule has 106 valence electrons. The van der Waals surface area contributed by atoms with Crippen molar-refractivity contribution in [1.82, 2.24) is 0 Å². The van der Waals surface area contributed by atoms with E-state index >= 15 is 0 Å². The number of benzene rings is 2. The molecule has 1 atom stereocenters. The SMILES string of the molecule is COc1ccc(N(C)C(CN)c2ccccc2C)cc1. The maximum absolute atomic E-state index is 6.00. The first kappa shape index (κ1) is 14.4. The molecule has 2 N–H and O–H groups in total. The van der Waals surface area contributed by atoms with E-state index in [1.54, 1.807) is 7.11 Å². The predicted octanol–water partition coefficient (Wildman–Crippen LogP) is 3.14. The summed E-state index contributed by atoms with van der Waals surface area (Å²) in [5, 5.41) is 0. The molecule has 0 spiro atoms. The van der Waals surface area contributed by atoms with Crippen molar-refractivity contribution in [3.05, 3.63) is 59.7 Å². The van der Waals surface area contributed by atoms with Crippen LogP contribution in [0.2, 0.25) is 0 Å². The molecule has 0 heterocycles. The molecular formula is C17H22N2O. The summed E-state index contributed by atoms with van der Waals surface area (Å²) in [6.07, 6.45) is 0. The Morgan fingerprint density at radius 2 is 1.75 bits per heavy atom. The molecule has 0 fully saturated rings. The van der Waals surface area contributed by atoms with Crippen molar-refractivity contribution in [2.45, 2.75) is 13.0 Å². The zero-order valence-corrected chi connectivity index (χ0v) is 12.3. The van der Waals surface area contributed by atoms with Crippen molar-refractivity contribution >= 4 is 5.69 Å². The highest BCUT2D eigenvalue weighted by molar-refractivity contribution is 5.51. The smallest absolute Gasteiger partial charge is 0.119 e. The lowest BCUT2D eigenvalue weighted by atomic mass is 10.00. The largest absolute Gasteiger partial charge is 0.497 e. The maximum atomic E-state index is 6.00. The second-order valence-electron chi connectivity index (χ2n) is 4.92. The zero-order chi connectivity index (χ0) is 14.5. The highest BCUT2D eigenvalue weighted by atomic mass is 16.5. The highest BCUT2D eigenvalue weighted by Gasteiger charge is 2.17. The molecule has 3 nitrogen and oxygen atoms in total. The third kappa shape index (κ3) is 2.94. The molecule has 0 aliphatic heterocycles. The quantitative estimate of drug-likeness (QED) is 0.907. The summed E-state index contributed by atoms with van der Waals surface area (Å²) in [6, 6.07) is 16.6. The van der Waals surface area contributed by atoms with E-state index in [0.29, 0.717) is 6.54 Å². The standard InChI is InChI=1S/C17H22N2O/c1-13-6-4-5-7-16(13)17(12-18)19(2)14-8-10-15(20-3)11-9-14/h4-11,17H,12,18H2,1-3H3. The molecule has 0 radical (unpaired) electrons. The second-order valence-corrected chi connectivity index (χ2v) is 4.92. The summed E-state index contributed by atoms with van der Waals surface area (Å²) in [6.45, 7) is 2.70. The molecule has 0 saturated heterocycles. The van der Waals surface area contributed by atoms with Gasteiger partial charge in [0.2, 0.25) is 0 Å². The van der Waals surface area contributed by atoms with E-state index in [-0.39, 0.29) is 6.04 Å². The predicted molar refractivity (Wildman–Crippen MR) is 84.4 cm³/mol. The molecule has 0 amide bonds. The van der Waals surface area contributed by atoms with E-state index in [1.165, 1.54) is 11.1 Å². The van der Waals surface area contributed by atoms with E-state index in [1.807, 2.05) is 12.1 Å². The van der Waals surface area contributed by atoms with Gasteiger partial charge in [0.15, 0.2) is 0 Å². The first-order valence-electron chi connectivity index (χ1n) is 6.80. The fourth-order valence-electron chi connectivity index (χ4n) is 2.45. The molecule has 0 bridgehead atoms. The molecule has 0 aromatic heterocycles. The number of nitrogens with zero attached hydrogens (tertiary/aromatic N) is 1. The van der Waals surface area contributed by atoms with Gasteiger partial charge in [0.25, 0.3) is 0 Å². The first-order chi connectivity index (χ1) is 9.67. The van der Waals surface area contributed by atoms with Crippen LogP contribution in [0.4, 0.5) is 5.69 Å². The van der Waals surface area contributed by atoms with Gasteiger partial charge in [-0.25, -0.2) is 0 Å². The molecule has 0 aliphatic rings. The van der Waals surface area contributed by atoms with Crippen LogP contribution in [0.15, 0.2) is 48.5 Å². The summed E-state index contributed by atoms with van der Waals surface area (Å²) in [5.74, 6) is 0.863. The molecule has 3 heteroatoms. The number of rotatable bonds is 5. The van der Waals surface area contributed by atoms with E-state index < -0.39 is 0 Å². The topological polar surface area (TPSA) is 38.5 Å². The van der Waals surface area contributed by atoms with Crippen LogP contribution in [-0.2, 0) is 0 Å². The van der Waals surface area contributed by atoms with Crippen molar-refractivity contribution in [1.29, 1.82) is 0 Å². The number of ether oxygens (including phenoxy) is 1. The fraction of sp³-hybridized carbons (Fsp3) is 0.294. The van der Waals surface area contributed by atoms with Crippen LogP contribution >= 0.6 is 0 Å². The van der Waals surface area contributed by atoms with Gasteiger partial charge in [-0.1, -0.05) is 24.3 Å². The average molecular weight is 270 g/mol. The van der Waals surface area contributed by atoms with Crippen LogP contribution in [0.3, 0.4) is 0 Å². The number of aryl methyl sites for hydroxylation is 1. The number of nitrogens with two attached hydrogens (primary N) is 1. The molecule has 0 aliphatic carbocycles. The summed E-state index contributed by atoms with van der Waals surface area (Å²) < 4.78 is 5.20. The Morgan fingerprint density at radius 1 is 1.10 bits per heavy atom. The minimum atomic E-state index is 0.171. The Balaban J connectivity index is 2.28. The molecule has 20 heavy (non-hydrogen) atoms. The number of hydrogen-bond acceptors (Lipinski definition) is 3. The van der Waals surface area contributed by atoms with Crippen LogP contribution in [0, 0.1) is 6.92 Å². The Hall–Kier alpha value is -2.00. The zero-order valence-electron chi connectivity index (χ0n) is 12.3.